The van der Waals surface area contributed by atoms with Gasteiger partial charge in [-0.15, -0.1) is 11.8 Å². The Bertz CT molecular complexity index is 625. The molecule has 0 heterocycles. The third kappa shape index (κ3) is 4.92. The summed E-state index contributed by atoms with van der Waals surface area (Å²) in [5, 5.41) is 3.07. The first-order valence-electron chi connectivity index (χ1n) is 7.54. The summed E-state index contributed by atoms with van der Waals surface area (Å²) in [7, 11) is 0. The van der Waals surface area contributed by atoms with E-state index in [1.54, 1.807) is 11.8 Å². The Hall–Kier alpha value is -1.74. The number of amides is 1. The van der Waals surface area contributed by atoms with Crippen molar-refractivity contribution in [1.82, 2.24) is 5.32 Å². The Morgan fingerprint density at radius 2 is 1.82 bits per heavy atom. The molecule has 1 atom stereocenters. The smallest absolute Gasteiger partial charge is 0.230 e. The number of hydrogen-bond donors (Lipinski definition) is 1. The predicted octanol–water partition coefficient (Wildman–Crippen LogP) is 4.41. The van der Waals surface area contributed by atoms with Crippen LogP contribution in [0.5, 0.6) is 0 Å². The van der Waals surface area contributed by atoms with Crippen LogP contribution >= 0.6 is 11.8 Å². The zero-order valence-electron chi connectivity index (χ0n) is 13.4. The maximum absolute atomic E-state index is 12.0. The van der Waals surface area contributed by atoms with Crippen molar-refractivity contribution in [1.29, 1.82) is 0 Å². The molecule has 0 fully saturated rings. The van der Waals surface area contributed by atoms with E-state index >= 15 is 0 Å². The zero-order chi connectivity index (χ0) is 15.9. The van der Waals surface area contributed by atoms with Crippen LogP contribution in [-0.4, -0.2) is 11.7 Å². The van der Waals surface area contributed by atoms with Gasteiger partial charge in [0.05, 0.1) is 11.8 Å². The lowest BCUT2D eigenvalue weighted by Crippen LogP contribution is -2.28. The van der Waals surface area contributed by atoms with Crippen LogP contribution in [0.15, 0.2) is 48.5 Å². The van der Waals surface area contributed by atoms with Crippen molar-refractivity contribution < 1.29 is 4.79 Å². The molecule has 0 aliphatic heterocycles. The number of rotatable bonds is 6. The van der Waals surface area contributed by atoms with E-state index in [0.29, 0.717) is 5.75 Å². The quantitative estimate of drug-likeness (QED) is 0.855. The fraction of sp³-hybridized carbons (Fsp3) is 0.316. The number of aryl methyl sites for hydroxylation is 2. The van der Waals surface area contributed by atoms with Crippen LogP contribution in [0, 0.1) is 13.8 Å². The highest BCUT2D eigenvalue weighted by Gasteiger charge is 2.10. The third-order valence-electron chi connectivity index (χ3n) is 3.75. The van der Waals surface area contributed by atoms with Gasteiger partial charge in [0, 0.05) is 5.75 Å². The Morgan fingerprint density at radius 1 is 1.09 bits per heavy atom. The van der Waals surface area contributed by atoms with Gasteiger partial charge in [0.15, 0.2) is 0 Å². The summed E-state index contributed by atoms with van der Waals surface area (Å²) in [4.78, 5) is 12.0. The summed E-state index contributed by atoms with van der Waals surface area (Å²) in [6.07, 6.45) is 0. The summed E-state index contributed by atoms with van der Waals surface area (Å²) in [6, 6.07) is 16.6. The van der Waals surface area contributed by atoms with E-state index in [2.05, 4.69) is 49.5 Å². The van der Waals surface area contributed by atoms with Gasteiger partial charge in [-0.05, 0) is 43.0 Å². The van der Waals surface area contributed by atoms with Crippen LogP contribution < -0.4 is 5.32 Å². The molecule has 1 amide bonds. The molecule has 0 aliphatic rings. The summed E-state index contributed by atoms with van der Waals surface area (Å²) in [5.74, 6) is 1.45. The highest BCUT2D eigenvalue weighted by Crippen LogP contribution is 2.17. The van der Waals surface area contributed by atoms with Gasteiger partial charge in [0.2, 0.25) is 5.91 Å². The lowest BCUT2D eigenvalue weighted by atomic mass is 10.0. The van der Waals surface area contributed by atoms with Crippen molar-refractivity contribution in [2.75, 3.05) is 5.75 Å². The van der Waals surface area contributed by atoms with Gasteiger partial charge < -0.3 is 5.32 Å². The van der Waals surface area contributed by atoms with Crippen LogP contribution in [0.2, 0.25) is 0 Å². The van der Waals surface area contributed by atoms with E-state index in [-0.39, 0.29) is 11.9 Å². The van der Waals surface area contributed by atoms with Crippen LogP contribution in [0.25, 0.3) is 0 Å². The van der Waals surface area contributed by atoms with Crippen molar-refractivity contribution in [2.24, 2.45) is 0 Å². The normalized spacial score (nSPS) is 12.0. The fourth-order valence-electron chi connectivity index (χ4n) is 2.24. The average molecular weight is 313 g/mol. The molecule has 0 spiro atoms. The fourth-order valence-corrected chi connectivity index (χ4v) is 3.04. The average Bonchev–Trinajstić information content (AvgIpc) is 2.51. The molecular formula is C19H23NOS. The van der Waals surface area contributed by atoms with Crippen molar-refractivity contribution in [2.45, 2.75) is 32.6 Å². The largest absolute Gasteiger partial charge is 0.349 e. The molecule has 1 N–H and O–H groups in total. The monoisotopic (exact) mass is 313 g/mol. The highest BCUT2D eigenvalue weighted by molar-refractivity contribution is 7.99. The standard InChI is InChI=1S/C19H23NOS/c1-14-9-10-18(11-15(14)2)16(3)20-19(21)13-22-12-17-7-5-4-6-8-17/h4-11,16H,12-13H2,1-3H3,(H,20,21)/t16-/m0/s1. The molecule has 0 radical (unpaired) electrons. The minimum atomic E-state index is 0.0455. The van der Waals surface area contributed by atoms with Gasteiger partial charge in [-0.25, -0.2) is 0 Å². The van der Waals surface area contributed by atoms with Crippen molar-refractivity contribution >= 4 is 17.7 Å². The second kappa shape index (κ2) is 8.04. The van der Waals surface area contributed by atoms with E-state index in [9.17, 15) is 4.79 Å². The lowest BCUT2D eigenvalue weighted by molar-refractivity contribution is -0.119. The maximum Gasteiger partial charge on any atom is 0.230 e. The Morgan fingerprint density at radius 3 is 2.50 bits per heavy atom. The Kier molecular flexibility index (Phi) is 6.08. The molecule has 2 rings (SSSR count). The minimum Gasteiger partial charge on any atom is -0.349 e. The van der Waals surface area contributed by atoms with Crippen LogP contribution in [0.1, 0.15) is 35.2 Å². The number of carbonyl (C=O) groups is 1. The van der Waals surface area contributed by atoms with E-state index in [1.807, 2.05) is 25.1 Å². The van der Waals surface area contributed by atoms with Gasteiger partial charge in [-0.1, -0.05) is 48.5 Å². The topological polar surface area (TPSA) is 29.1 Å². The minimum absolute atomic E-state index is 0.0455. The van der Waals surface area contributed by atoms with E-state index in [0.717, 1.165) is 11.3 Å². The Balaban J connectivity index is 1.80. The first kappa shape index (κ1) is 16.6. The lowest BCUT2D eigenvalue weighted by Gasteiger charge is -2.15. The van der Waals surface area contributed by atoms with Gasteiger partial charge >= 0.3 is 0 Å². The number of hydrogen-bond acceptors (Lipinski definition) is 2. The second-order valence-corrected chi connectivity index (χ2v) is 6.60. The van der Waals surface area contributed by atoms with Crippen LogP contribution in [0.4, 0.5) is 0 Å². The van der Waals surface area contributed by atoms with Gasteiger partial charge in [-0.3, -0.25) is 4.79 Å². The first-order valence-corrected chi connectivity index (χ1v) is 8.70. The Labute approximate surface area is 137 Å². The maximum atomic E-state index is 12.0. The van der Waals surface area contributed by atoms with Crippen LogP contribution in [-0.2, 0) is 10.5 Å². The highest BCUT2D eigenvalue weighted by atomic mass is 32.2. The molecule has 2 aromatic rings. The molecule has 3 heteroatoms. The molecule has 0 aliphatic carbocycles. The molecule has 0 saturated heterocycles. The van der Waals surface area contributed by atoms with E-state index < -0.39 is 0 Å². The van der Waals surface area contributed by atoms with Crippen molar-refractivity contribution in [3.05, 3.63) is 70.8 Å². The molecule has 0 unspecified atom stereocenters. The SMILES string of the molecule is Cc1ccc([C@H](C)NC(=O)CSCc2ccccc2)cc1C. The molecule has 0 saturated carbocycles. The third-order valence-corrected chi connectivity index (χ3v) is 4.76. The second-order valence-electron chi connectivity index (χ2n) is 5.61. The molecular weight excluding hydrogens is 290 g/mol. The number of carbonyl (C=O) groups excluding carboxylic acids is 1. The summed E-state index contributed by atoms with van der Waals surface area (Å²) in [6.45, 7) is 6.23. The molecule has 2 nitrogen and oxygen atoms in total. The number of nitrogens with one attached hydrogen (secondary N) is 1. The van der Waals surface area contributed by atoms with E-state index in [4.69, 9.17) is 0 Å². The van der Waals surface area contributed by atoms with Crippen molar-refractivity contribution in [3.63, 3.8) is 0 Å². The van der Waals surface area contributed by atoms with Crippen molar-refractivity contribution in [3.8, 4) is 0 Å². The molecule has 2 aromatic carbocycles. The summed E-state index contributed by atoms with van der Waals surface area (Å²) < 4.78 is 0. The molecule has 0 aromatic heterocycles. The number of thioether (sulfide) groups is 1. The number of benzene rings is 2. The molecule has 116 valence electrons. The summed E-state index contributed by atoms with van der Waals surface area (Å²) in [5.41, 5.74) is 4.95. The van der Waals surface area contributed by atoms with E-state index in [1.165, 1.54) is 16.7 Å². The van der Waals surface area contributed by atoms with Crippen LogP contribution in [0.3, 0.4) is 0 Å². The molecule has 22 heavy (non-hydrogen) atoms. The zero-order valence-corrected chi connectivity index (χ0v) is 14.2. The van der Waals surface area contributed by atoms with Gasteiger partial charge in [-0.2, -0.15) is 0 Å². The predicted molar refractivity (Wildman–Crippen MR) is 95.1 cm³/mol. The molecule has 0 bridgehead atoms. The first-order chi connectivity index (χ1) is 10.6. The van der Waals surface area contributed by atoms with Gasteiger partial charge in [0.1, 0.15) is 0 Å². The van der Waals surface area contributed by atoms with Gasteiger partial charge in [0.25, 0.3) is 0 Å². The summed E-state index contributed by atoms with van der Waals surface area (Å²) >= 11 is 1.65.